The quantitative estimate of drug-likeness (QED) is 0.740. The van der Waals surface area contributed by atoms with Crippen LogP contribution in [-0.4, -0.2) is 24.8 Å². The van der Waals surface area contributed by atoms with Gasteiger partial charge in [-0.05, 0) is 57.4 Å². The van der Waals surface area contributed by atoms with Crippen LogP contribution in [0.4, 0.5) is 0 Å². The van der Waals surface area contributed by atoms with E-state index in [9.17, 15) is 0 Å². The minimum Gasteiger partial charge on any atom is -0.375 e. The summed E-state index contributed by atoms with van der Waals surface area (Å²) in [6, 6.07) is 0.875. The van der Waals surface area contributed by atoms with Gasteiger partial charge in [0.1, 0.15) is 0 Å². The van der Waals surface area contributed by atoms with Gasteiger partial charge in [0.05, 0.1) is 12.2 Å². The Morgan fingerprint density at radius 3 is 2.71 bits per heavy atom. The Morgan fingerprint density at radius 1 is 1.21 bits per heavy atom. The summed E-state index contributed by atoms with van der Waals surface area (Å²) in [4.78, 5) is 0. The standard InChI is InChI=1S/C12H21NO/c1-8-2-5-12(14-8)11-6-9(11)7-13-10-3-4-10/h8-13H,2-7H2,1H3. The van der Waals surface area contributed by atoms with Crippen molar-refractivity contribution < 1.29 is 4.74 Å². The summed E-state index contributed by atoms with van der Waals surface area (Å²) in [7, 11) is 0. The van der Waals surface area contributed by atoms with Gasteiger partial charge in [-0.2, -0.15) is 0 Å². The van der Waals surface area contributed by atoms with Crippen molar-refractivity contribution in [3.05, 3.63) is 0 Å². The molecule has 1 N–H and O–H groups in total. The van der Waals surface area contributed by atoms with E-state index in [1.54, 1.807) is 0 Å². The molecule has 3 rings (SSSR count). The highest BCUT2D eigenvalue weighted by molar-refractivity contribution is 4.96. The normalized spacial score (nSPS) is 46.9. The molecule has 3 aliphatic rings. The molecule has 2 aliphatic carbocycles. The van der Waals surface area contributed by atoms with Gasteiger partial charge in [0.15, 0.2) is 0 Å². The molecule has 2 nitrogen and oxygen atoms in total. The second-order valence-corrected chi connectivity index (χ2v) is 5.40. The van der Waals surface area contributed by atoms with Gasteiger partial charge in [-0.3, -0.25) is 0 Å². The molecule has 2 heteroatoms. The first kappa shape index (κ1) is 9.17. The van der Waals surface area contributed by atoms with Crippen molar-refractivity contribution >= 4 is 0 Å². The Balaban J connectivity index is 1.39. The third kappa shape index (κ3) is 1.96. The Labute approximate surface area is 86.4 Å². The summed E-state index contributed by atoms with van der Waals surface area (Å²) in [5, 5.41) is 3.63. The zero-order valence-electron chi connectivity index (χ0n) is 9.04. The minimum atomic E-state index is 0.526. The maximum atomic E-state index is 5.91. The predicted octanol–water partition coefficient (Wildman–Crippen LogP) is 1.94. The molecular formula is C12H21NO. The molecule has 0 radical (unpaired) electrons. The summed E-state index contributed by atoms with van der Waals surface area (Å²) in [5.41, 5.74) is 0. The lowest BCUT2D eigenvalue weighted by Crippen LogP contribution is -2.21. The van der Waals surface area contributed by atoms with Crippen molar-refractivity contribution in [2.24, 2.45) is 11.8 Å². The summed E-state index contributed by atoms with van der Waals surface area (Å²) in [6.07, 6.45) is 7.96. The number of nitrogens with one attached hydrogen (secondary N) is 1. The molecule has 2 saturated carbocycles. The van der Waals surface area contributed by atoms with Crippen molar-refractivity contribution in [1.82, 2.24) is 5.32 Å². The van der Waals surface area contributed by atoms with E-state index < -0.39 is 0 Å². The molecule has 0 aromatic heterocycles. The van der Waals surface area contributed by atoms with Gasteiger partial charge in [-0.15, -0.1) is 0 Å². The van der Waals surface area contributed by atoms with Gasteiger partial charge in [-0.1, -0.05) is 0 Å². The van der Waals surface area contributed by atoms with Crippen LogP contribution >= 0.6 is 0 Å². The molecule has 80 valence electrons. The maximum Gasteiger partial charge on any atom is 0.0611 e. The maximum absolute atomic E-state index is 5.91. The van der Waals surface area contributed by atoms with Crippen LogP contribution in [0.15, 0.2) is 0 Å². The van der Waals surface area contributed by atoms with Gasteiger partial charge in [0.25, 0.3) is 0 Å². The van der Waals surface area contributed by atoms with Crippen LogP contribution in [0.2, 0.25) is 0 Å². The molecule has 0 amide bonds. The molecule has 0 aromatic carbocycles. The van der Waals surface area contributed by atoms with E-state index in [4.69, 9.17) is 4.74 Å². The lowest BCUT2D eigenvalue weighted by atomic mass is 10.1. The average molecular weight is 195 g/mol. The Bertz CT molecular complexity index is 214. The third-order valence-electron chi connectivity index (χ3n) is 3.97. The molecule has 1 saturated heterocycles. The first-order chi connectivity index (χ1) is 6.83. The summed E-state index contributed by atoms with van der Waals surface area (Å²) in [6.45, 7) is 3.46. The lowest BCUT2D eigenvalue weighted by Gasteiger charge is -2.10. The molecule has 14 heavy (non-hydrogen) atoms. The lowest BCUT2D eigenvalue weighted by molar-refractivity contribution is 0.0396. The van der Waals surface area contributed by atoms with Crippen molar-refractivity contribution in [2.45, 2.75) is 57.3 Å². The van der Waals surface area contributed by atoms with E-state index in [0.29, 0.717) is 12.2 Å². The highest BCUT2D eigenvalue weighted by atomic mass is 16.5. The van der Waals surface area contributed by atoms with Gasteiger partial charge in [0, 0.05) is 6.04 Å². The molecule has 1 aliphatic heterocycles. The zero-order valence-corrected chi connectivity index (χ0v) is 9.04. The van der Waals surface area contributed by atoms with Crippen LogP contribution in [0.3, 0.4) is 0 Å². The molecule has 3 fully saturated rings. The average Bonchev–Trinajstić information content (AvgIpc) is 3.06. The summed E-state index contributed by atoms with van der Waals surface area (Å²) >= 11 is 0. The predicted molar refractivity (Wildman–Crippen MR) is 56.2 cm³/mol. The first-order valence-corrected chi connectivity index (χ1v) is 6.22. The molecule has 4 unspecified atom stereocenters. The van der Waals surface area contributed by atoms with E-state index in [1.807, 2.05) is 0 Å². The minimum absolute atomic E-state index is 0.526. The molecule has 0 bridgehead atoms. The van der Waals surface area contributed by atoms with Crippen molar-refractivity contribution in [1.29, 1.82) is 0 Å². The van der Waals surface area contributed by atoms with Crippen LogP contribution in [0, 0.1) is 11.8 Å². The van der Waals surface area contributed by atoms with Crippen molar-refractivity contribution in [3.8, 4) is 0 Å². The number of hydrogen-bond donors (Lipinski definition) is 1. The van der Waals surface area contributed by atoms with Crippen LogP contribution in [0.25, 0.3) is 0 Å². The highest BCUT2D eigenvalue weighted by Crippen LogP contribution is 2.46. The van der Waals surface area contributed by atoms with Crippen molar-refractivity contribution in [2.75, 3.05) is 6.54 Å². The number of ether oxygens (including phenoxy) is 1. The van der Waals surface area contributed by atoms with Gasteiger partial charge >= 0.3 is 0 Å². The molecule has 0 spiro atoms. The molecule has 4 atom stereocenters. The van der Waals surface area contributed by atoms with E-state index >= 15 is 0 Å². The van der Waals surface area contributed by atoms with E-state index in [0.717, 1.165) is 17.9 Å². The monoisotopic (exact) mass is 195 g/mol. The Hall–Kier alpha value is -0.0800. The van der Waals surface area contributed by atoms with Gasteiger partial charge in [-0.25, -0.2) is 0 Å². The van der Waals surface area contributed by atoms with E-state index in [1.165, 1.54) is 38.6 Å². The largest absolute Gasteiger partial charge is 0.375 e. The molecular weight excluding hydrogens is 174 g/mol. The topological polar surface area (TPSA) is 21.3 Å². The van der Waals surface area contributed by atoms with Crippen LogP contribution in [0.1, 0.15) is 39.0 Å². The van der Waals surface area contributed by atoms with Crippen LogP contribution in [0.5, 0.6) is 0 Å². The highest BCUT2D eigenvalue weighted by Gasteiger charge is 2.45. The summed E-state index contributed by atoms with van der Waals surface area (Å²) in [5.74, 6) is 1.83. The van der Waals surface area contributed by atoms with E-state index in [-0.39, 0.29) is 0 Å². The number of hydrogen-bond acceptors (Lipinski definition) is 2. The summed E-state index contributed by atoms with van der Waals surface area (Å²) < 4.78 is 5.91. The van der Waals surface area contributed by atoms with Crippen LogP contribution in [-0.2, 0) is 4.74 Å². The van der Waals surface area contributed by atoms with Crippen molar-refractivity contribution in [3.63, 3.8) is 0 Å². The van der Waals surface area contributed by atoms with Gasteiger partial charge < -0.3 is 10.1 Å². The van der Waals surface area contributed by atoms with Gasteiger partial charge in [0.2, 0.25) is 0 Å². The zero-order chi connectivity index (χ0) is 9.54. The van der Waals surface area contributed by atoms with Crippen LogP contribution < -0.4 is 5.32 Å². The first-order valence-electron chi connectivity index (χ1n) is 6.22. The molecule has 1 heterocycles. The fraction of sp³-hybridized carbons (Fsp3) is 1.00. The molecule has 0 aromatic rings. The fourth-order valence-electron chi connectivity index (χ4n) is 2.72. The second kappa shape index (κ2) is 3.49. The SMILES string of the molecule is CC1CCC(C2CC2CNC2CC2)O1. The second-order valence-electron chi connectivity index (χ2n) is 5.40. The fourth-order valence-corrected chi connectivity index (χ4v) is 2.72. The van der Waals surface area contributed by atoms with E-state index in [2.05, 4.69) is 12.2 Å². The smallest absolute Gasteiger partial charge is 0.0611 e. The Kier molecular flexibility index (Phi) is 2.29. The third-order valence-corrected chi connectivity index (χ3v) is 3.97. The number of rotatable bonds is 4. The Morgan fingerprint density at radius 2 is 2.07 bits per heavy atom.